The number of carboxylic acid groups (broad SMARTS) is 2. The van der Waals surface area contributed by atoms with E-state index in [1.165, 1.54) is 27.9 Å². The molecule has 2 fully saturated rings. The van der Waals surface area contributed by atoms with Gasteiger partial charge in [-0.2, -0.15) is 5.10 Å². The fourth-order valence-corrected chi connectivity index (χ4v) is 7.00. The molecule has 0 unspecified atom stereocenters. The van der Waals surface area contributed by atoms with E-state index in [1.54, 1.807) is 13.8 Å². The fourth-order valence-electron chi connectivity index (χ4n) is 7.00. The highest BCUT2D eigenvalue weighted by Gasteiger charge is 2.36. The van der Waals surface area contributed by atoms with E-state index in [0.29, 0.717) is 67.9 Å². The molecular weight excluding hydrogens is 584 g/mol. The molecular formula is C31H34N6O8. The molecule has 0 aromatic carbocycles. The number of carboxylic acids is 2. The van der Waals surface area contributed by atoms with Crippen LogP contribution in [0.4, 0.5) is 0 Å². The summed E-state index contributed by atoms with van der Waals surface area (Å²) in [4.78, 5) is 80.8. The standard InChI is InChI=1S/C31H34N6O8/c1-14-20(26(38)32-24-22(14)28(40)36(34-24)18-10-6-16(7-11-18)30(42)43)4-3-5-21-15(2)23-25(33-27(21)39)35-37(29(23)41)19-12-8-17(9-13-19)31(44)45/h3-5,16-19H,6-13H2,1-2H3,(H,42,43)(H,44,45)(H,32,34,38)(H2,33,35,39)/b5-3+,20-4-. The number of pyridine rings is 2. The number of aromatic amines is 3. The maximum Gasteiger partial charge on any atom is 0.306 e. The highest BCUT2D eigenvalue weighted by Crippen LogP contribution is 2.32. The average Bonchev–Trinajstić information content (AvgIpc) is 3.52. The van der Waals surface area contributed by atoms with Crippen molar-refractivity contribution in [3.8, 4) is 0 Å². The van der Waals surface area contributed by atoms with Crippen LogP contribution >= 0.6 is 0 Å². The van der Waals surface area contributed by atoms with E-state index in [9.17, 15) is 39.0 Å². The first-order valence-corrected chi connectivity index (χ1v) is 15.1. The second-order valence-corrected chi connectivity index (χ2v) is 12.2. The zero-order valence-corrected chi connectivity index (χ0v) is 24.9. The van der Waals surface area contributed by atoms with Gasteiger partial charge in [0.25, 0.3) is 22.6 Å². The first-order valence-electron chi connectivity index (χ1n) is 15.1. The summed E-state index contributed by atoms with van der Waals surface area (Å²) in [7, 11) is 0. The number of aryl methyl sites for hydroxylation is 1. The van der Waals surface area contributed by atoms with Crippen molar-refractivity contribution >= 4 is 41.0 Å². The molecule has 6 rings (SSSR count). The molecule has 0 radical (unpaired) electrons. The van der Waals surface area contributed by atoms with Crippen LogP contribution in [0.5, 0.6) is 0 Å². The number of amides is 1. The molecule has 14 heteroatoms. The van der Waals surface area contributed by atoms with Crippen molar-refractivity contribution in [2.45, 2.75) is 77.3 Å². The Morgan fingerprint density at radius 3 is 2.02 bits per heavy atom. The molecule has 45 heavy (non-hydrogen) atoms. The minimum atomic E-state index is -0.839. The van der Waals surface area contributed by atoms with E-state index in [4.69, 9.17) is 0 Å². The molecule has 3 aromatic rings. The van der Waals surface area contributed by atoms with E-state index in [0.717, 1.165) is 0 Å². The Labute approximate surface area is 254 Å². The van der Waals surface area contributed by atoms with E-state index in [-0.39, 0.29) is 51.0 Å². The summed E-state index contributed by atoms with van der Waals surface area (Å²) in [6.45, 7) is 3.33. The second kappa shape index (κ2) is 11.5. The van der Waals surface area contributed by atoms with Crippen LogP contribution in [0.1, 0.15) is 84.5 Å². The van der Waals surface area contributed by atoms with Crippen molar-refractivity contribution in [3.05, 3.63) is 70.1 Å². The van der Waals surface area contributed by atoms with Crippen LogP contribution in [0.15, 0.2) is 25.6 Å². The van der Waals surface area contributed by atoms with Crippen LogP contribution in [0.2, 0.25) is 0 Å². The molecule has 0 bridgehead atoms. The van der Waals surface area contributed by atoms with Crippen LogP contribution in [0.25, 0.3) is 23.2 Å². The third kappa shape index (κ3) is 5.23. The van der Waals surface area contributed by atoms with E-state index in [1.807, 2.05) is 0 Å². The van der Waals surface area contributed by atoms with Gasteiger partial charge in [-0.1, -0.05) is 6.08 Å². The number of hydrogen-bond donors (Lipinski definition) is 5. The minimum absolute atomic E-state index is 0.168. The van der Waals surface area contributed by atoms with Gasteiger partial charge in [-0.05, 0) is 88.5 Å². The summed E-state index contributed by atoms with van der Waals surface area (Å²) in [5, 5.41) is 27.8. The lowest BCUT2D eigenvalue weighted by molar-refractivity contribution is -0.144. The molecule has 0 atom stereocenters. The molecule has 236 valence electrons. The van der Waals surface area contributed by atoms with E-state index in [2.05, 4.69) is 20.2 Å². The maximum absolute atomic E-state index is 13.4. The highest BCUT2D eigenvalue weighted by molar-refractivity contribution is 5.96. The third-order valence-corrected chi connectivity index (χ3v) is 9.63. The van der Waals surface area contributed by atoms with Crippen LogP contribution in [0, 0.1) is 25.7 Å². The molecule has 1 aliphatic heterocycles. The van der Waals surface area contributed by atoms with Crippen LogP contribution in [-0.2, 0) is 9.59 Å². The van der Waals surface area contributed by atoms with Crippen molar-refractivity contribution in [1.82, 2.24) is 24.8 Å². The Hall–Kier alpha value is -5.01. The average molecular weight is 619 g/mol. The summed E-state index contributed by atoms with van der Waals surface area (Å²) in [5.41, 5.74) is 0.660. The molecule has 14 nitrogen and oxygen atoms in total. The Kier molecular flexibility index (Phi) is 7.67. The van der Waals surface area contributed by atoms with Crippen molar-refractivity contribution in [2.24, 2.45) is 16.9 Å². The van der Waals surface area contributed by atoms with Gasteiger partial charge in [0.05, 0.1) is 34.9 Å². The zero-order chi connectivity index (χ0) is 32.2. The summed E-state index contributed by atoms with van der Waals surface area (Å²) in [6, 6.07) is -0.450. The molecule has 1 amide bonds. The Morgan fingerprint density at radius 2 is 1.42 bits per heavy atom. The number of nitrogens with one attached hydrogen (secondary N) is 3. The number of allylic oxidation sites excluding steroid dienone is 1. The van der Waals surface area contributed by atoms with Crippen LogP contribution < -0.4 is 27.4 Å². The predicted molar refractivity (Wildman–Crippen MR) is 162 cm³/mol. The molecule has 3 aromatic heterocycles. The molecule has 2 aliphatic carbocycles. The third-order valence-electron chi connectivity index (χ3n) is 9.63. The maximum atomic E-state index is 13.4. The summed E-state index contributed by atoms with van der Waals surface area (Å²) in [5.74, 6) is -2.88. The van der Waals surface area contributed by atoms with Gasteiger partial charge in [0.2, 0.25) is 0 Å². The number of carbonyl (C=O) groups excluding carboxylic acids is 1. The van der Waals surface area contributed by atoms with Gasteiger partial charge in [0, 0.05) is 10.8 Å². The molecule has 0 saturated heterocycles. The number of nitrogens with zero attached hydrogens (tertiary/aromatic N) is 3. The normalized spacial score (nSPS) is 23.9. The van der Waals surface area contributed by atoms with Crippen molar-refractivity contribution in [2.75, 3.05) is 0 Å². The van der Waals surface area contributed by atoms with Crippen LogP contribution in [0.3, 0.4) is 0 Å². The second-order valence-electron chi connectivity index (χ2n) is 12.2. The largest absolute Gasteiger partial charge is 0.481 e. The van der Waals surface area contributed by atoms with Gasteiger partial charge in [0.15, 0.2) is 5.49 Å². The number of carbonyl (C=O) groups is 3. The Balaban J connectivity index is 1.27. The lowest BCUT2D eigenvalue weighted by Crippen LogP contribution is -2.39. The lowest BCUT2D eigenvalue weighted by Gasteiger charge is -2.30. The zero-order valence-electron chi connectivity index (χ0n) is 24.9. The van der Waals surface area contributed by atoms with Gasteiger partial charge in [-0.25, -0.2) is 9.69 Å². The molecule has 5 N–H and O–H groups in total. The molecule has 4 heterocycles. The van der Waals surface area contributed by atoms with Crippen molar-refractivity contribution < 1.29 is 24.6 Å². The first-order chi connectivity index (χ1) is 21.5. The number of H-pyrrole nitrogens is 3. The Morgan fingerprint density at radius 1 is 0.822 bits per heavy atom. The lowest BCUT2D eigenvalue weighted by atomic mass is 9.86. The van der Waals surface area contributed by atoms with E-state index >= 15 is 0 Å². The van der Waals surface area contributed by atoms with Crippen LogP contribution in [-0.4, -0.2) is 58.9 Å². The molecule has 0 spiro atoms. The highest BCUT2D eigenvalue weighted by atomic mass is 16.4. The number of hydrogen-bond acceptors (Lipinski definition) is 7. The summed E-state index contributed by atoms with van der Waals surface area (Å²) in [6.07, 6.45) is 8.42. The Bertz CT molecular complexity index is 2070. The number of rotatable bonds is 6. The van der Waals surface area contributed by atoms with Gasteiger partial charge in [-0.15, -0.1) is 0 Å². The number of fused-ring (bicyclic) bond motifs is 2. The van der Waals surface area contributed by atoms with E-state index < -0.39 is 34.9 Å². The van der Waals surface area contributed by atoms with Gasteiger partial charge in [0.1, 0.15) is 5.65 Å². The van der Waals surface area contributed by atoms with Gasteiger partial charge >= 0.3 is 11.9 Å². The van der Waals surface area contributed by atoms with Gasteiger partial charge in [-0.3, -0.25) is 33.9 Å². The van der Waals surface area contributed by atoms with Gasteiger partial charge < -0.3 is 20.2 Å². The summed E-state index contributed by atoms with van der Waals surface area (Å²) < 4.78 is 1.47. The van der Waals surface area contributed by atoms with Crippen molar-refractivity contribution in [3.63, 3.8) is 0 Å². The molecule has 2 saturated carbocycles. The smallest absolute Gasteiger partial charge is 0.306 e. The monoisotopic (exact) mass is 618 g/mol. The SMILES string of the molecule is Cc1c2c([nH]c(=O)/c1=C\C=C\c1c(C)c3c(=O)n(C4CCC(C(=O)O)CC4)[nH]c3[nH]c1=O)=NN(C1CCC(C(=O)O)CC1)C2=O. The fraction of sp³-hybridized carbons (Fsp3) is 0.452. The minimum Gasteiger partial charge on any atom is -0.481 e. The molecule has 3 aliphatic rings. The predicted octanol–water partition coefficient (Wildman–Crippen LogP) is 1.27. The summed E-state index contributed by atoms with van der Waals surface area (Å²) >= 11 is 0. The number of aromatic nitrogens is 4. The number of aliphatic carboxylic acids is 2. The van der Waals surface area contributed by atoms with Crippen molar-refractivity contribution in [1.29, 1.82) is 0 Å². The quantitative estimate of drug-likeness (QED) is 0.271. The topological polar surface area (TPSA) is 211 Å². The first kappa shape index (κ1) is 30.0.